The SMILES string of the molecule is FC(F)(F)c1ccc(C2CO2)cc1C(F)(F)F. The Morgan fingerprint density at radius 1 is 0.941 bits per heavy atom. The van der Waals surface area contributed by atoms with Crippen molar-refractivity contribution in [1.29, 1.82) is 0 Å². The summed E-state index contributed by atoms with van der Waals surface area (Å²) in [4.78, 5) is 0. The molecule has 0 bridgehead atoms. The fourth-order valence-electron chi connectivity index (χ4n) is 1.48. The Morgan fingerprint density at radius 2 is 1.47 bits per heavy atom. The van der Waals surface area contributed by atoms with Crippen LogP contribution >= 0.6 is 0 Å². The van der Waals surface area contributed by atoms with Gasteiger partial charge >= 0.3 is 12.4 Å². The molecule has 0 radical (unpaired) electrons. The molecule has 1 aromatic carbocycles. The maximum Gasteiger partial charge on any atom is 0.417 e. The van der Waals surface area contributed by atoms with Crippen molar-refractivity contribution in [2.75, 3.05) is 6.61 Å². The quantitative estimate of drug-likeness (QED) is 0.550. The number of epoxide rings is 1. The normalized spacial score (nSPS) is 20.5. The summed E-state index contributed by atoms with van der Waals surface area (Å²) >= 11 is 0. The Morgan fingerprint density at radius 3 is 1.88 bits per heavy atom. The standard InChI is InChI=1S/C10H6F6O/c11-9(12,13)6-2-1-5(8-4-17-8)3-7(6)10(14,15)16/h1-3,8H,4H2. The van der Waals surface area contributed by atoms with Crippen molar-refractivity contribution >= 4 is 0 Å². The van der Waals surface area contributed by atoms with Gasteiger partial charge in [0.15, 0.2) is 0 Å². The van der Waals surface area contributed by atoms with E-state index in [0.717, 1.165) is 6.07 Å². The zero-order valence-electron chi connectivity index (χ0n) is 8.19. The second-order valence-electron chi connectivity index (χ2n) is 3.62. The first-order chi connectivity index (χ1) is 7.69. The largest absolute Gasteiger partial charge is 0.417 e. The van der Waals surface area contributed by atoms with E-state index < -0.39 is 29.6 Å². The molecule has 1 fully saturated rings. The monoisotopic (exact) mass is 256 g/mol. The van der Waals surface area contributed by atoms with Crippen LogP contribution in [0.15, 0.2) is 18.2 Å². The second-order valence-corrected chi connectivity index (χ2v) is 3.62. The van der Waals surface area contributed by atoms with E-state index in [2.05, 4.69) is 0 Å². The molecular weight excluding hydrogens is 250 g/mol. The van der Waals surface area contributed by atoms with Gasteiger partial charge in [-0.1, -0.05) is 6.07 Å². The molecule has 1 unspecified atom stereocenters. The number of hydrogen-bond acceptors (Lipinski definition) is 1. The first kappa shape index (κ1) is 12.2. The maximum atomic E-state index is 12.5. The van der Waals surface area contributed by atoms with E-state index in [1.807, 2.05) is 0 Å². The molecule has 1 saturated heterocycles. The van der Waals surface area contributed by atoms with Crippen molar-refractivity contribution in [2.24, 2.45) is 0 Å². The number of rotatable bonds is 1. The van der Waals surface area contributed by atoms with Gasteiger partial charge < -0.3 is 4.74 Å². The molecule has 1 aliphatic heterocycles. The van der Waals surface area contributed by atoms with Crippen LogP contribution in [0.25, 0.3) is 0 Å². The average Bonchev–Trinajstić information content (AvgIpc) is 2.97. The van der Waals surface area contributed by atoms with Crippen molar-refractivity contribution < 1.29 is 31.1 Å². The summed E-state index contributed by atoms with van der Waals surface area (Å²) in [5, 5.41) is 0. The van der Waals surface area contributed by atoms with E-state index in [1.54, 1.807) is 0 Å². The van der Waals surface area contributed by atoms with Crippen LogP contribution in [0, 0.1) is 0 Å². The second kappa shape index (κ2) is 3.63. The van der Waals surface area contributed by atoms with Gasteiger partial charge in [0, 0.05) is 0 Å². The topological polar surface area (TPSA) is 12.5 Å². The Balaban J connectivity index is 2.52. The smallest absolute Gasteiger partial charge is 0.368 e. The summed E-state index contributed by atoms with van der Waals surface area (Å²) in [6, 6.07) is 1.95. The van der Waals surface area contributed by atoms with Crippen molar-refractivity contribution in [2.45, 2.75) is 18.5 Å². The van der Waals surface area contributed by atoms with Gasteiger partial charge in [-0.2, -0.15) is 26.3 Å². The molecule has 0 N–H and O–H groups in total. The van der Waals surface area contributed by atoms with Gasteiger partial charge in [0.05, 0.1) is 17.7 Å². The van der Waals surface area contributed by atoms with E-state index in [0.29, 0.717) is 12.1 Å². The molecule has 2 rings (SSSR count). The summed E-state index contributed by atoms with van der Waals surface area (Å²) in [5.74, 6) is 0. The summed E-state index contributed by atoms with van der Waals surface area (Å²) in [5.41, 5.74) is -3.22. The van der Waals surface area contributed by atoms with Crippen molar-refractivity contribution in [3.8, 4) is 0 Å². The summed E-state index contributed by atoms with van der Waals surface area (Å²) in [6.45, 7) is 0.239. The Bertz CT molecular complexity index is 429. The van der Waals surface area contributed by atoms with Crippen LogP contribution in [0.1, 0.15) is 22.8 Å². The third-order valence-electron chi connectivity index (χ3n) is 2.36. The molecule has 7 heteroatoms. The minimum absolute atomic E-state index is 0.116. The number of halogens is 6. The number of ether oxygens (including phenoxy) is 1. The van der Waals surface area contributed by atoms with Crippen LogP contribution in [0.3, 0.4) is 0 Å². The van der Waals surface area contributed by atoms with E-state index >= 15 is 0 Å². The van der Waals surface area contributed by atoms with Crippen molar-refractivity contribution in [1.82, 2.24) is 0 Å². The van der Waals surface area contributed by atoms with E-state index in [-0.39, 0.29) is 12.2 Å². The number of benzene rings is 1. The zero-order valence-corrected chi connectivity index (χ0v) is 8.19. The van der Waals surface area contributed by atoms with Gasteiger partial charge in [-0.3, -0.25) is 0 Å². The molecule has 1 aliphatic rings. The predicted octanol–water partition coefficient (Wildman–Crippen LogP) is 3.80. The molecular formula is C10H6F6O. The highest BCUT2D eigenvalue weighted by Gasteiger charge is 2.43. The molecule has 0 spiro atoms. The predicted molar refractivity (Wildman–Crippen MR) is 45.1 cm³/mol. The van der Waals surface area contributed by atoms with Crippen LogP contribution in [0.5, 0.6) is 0 Å². The maximum absolute atomic E-state index is 12.5. The molecule has 0 saturated carbocycles. The lowest BCUT2D eigenvalue weighted by molar-refractivity contribution is -0.162. The van der Waals surface area contributed by atoms with E-state index in [9.17, 15) is 26.3 Å². The molecule has 1 aromatic rings. The molecule has 0 amide bonds. The van der Waals surface area contributed by atoms with Crippen LogP contribution in [-0.4, -0.2) is 6.61 Å². The lowest BCUT2D eigenvalue weighted by Gasteiger charge is -2.16. The molecule has 0 aliphatic carbocycles. The molecule has 17 heavy (non-hydrogen) atoms. The highest BCUT2D eigenvalue weighted by atomic mass is 19.4. The summed E-state index contributed by atoms with van der Waals surface area (Å²) < 4.78 is 79.4. The minimum atomic E-state index is -5.03. The highest BCUT2D eigenvalue weighted by molar-refractivity contribution is 5.37. The van der Waals surface area contributed by atoms with E-state index in [1.165, 1.54) is 0 Å². The number of alkyl halides is 6. The lowest BCUT2D eigenvalue weighted by Crippen LogP contribution is -2.16. The van der Waals surface area contributed by atoms with Crippen LogP contribution in [-0.2, 0) is 17.1 Å². The third-order valence-corrected chi connectivity index (χ3v) is 2.36. The van der Waals surface area contributed by atoms with Crippen LogP contribution in [0.4, 0.5) is 26.3 Å². The van der Waals surface area contributed by atoms with Crippen molar-refractivity contribution in [3.63, 3.8) is 0 Å². The lowest BCUT2D eigenvalue weighted by atomic mass is 10.0. The Hall–Kier alpha value is -1.24. The van der Waals surface area contributed by atoms with Crippen molar-refractivity contribution in [3.05, 3.63) is 34.9 Å². The number of hydrogen-bond donors (Lipinski definition) is 0. The van der Waals surface area contributed by atoms with Gasteiger partial charge in [0.25, 0.3) is 0 Å². The highest BCUT2D eigenvalue weighted by Crippen LogP contribution is 2.42. The molecule has 1 heterocycles. The molecule has 0 aromatic heterocycles. The van der Waals surface area contributed by atoms with Gasteiger partial charge in [-0.15, -0.1) is 0 Å². The Kier molecular flexibility index (Phi) is 2.61. The summed E-state index contributed by atoms with van der Waals surface area (Å²) in [7, 11) is 0. The molecule has 1 atom stereocenters. The van der Waals surface area contributed by atoms with Crippen LogP contribution < -0.4 is 0 Å². The minimum Gasteiger partial charge on any atom is -0.368 e. The van der Waals surface area contributed by atoms with E-state index in [4.69, 9.17) is 4.74 Å². The fraction of sp³-hybridized carbons (Fsp3) is 0.400. The first-order valence-electron chi connectivity index (χ1n) is 4.59. The Labute approximate surface area is 92.0 Å². The molecule has 1 nitrogen and oxygen atoms in total. The molecule has 94 valence electrons. The van der Waals surface area contributed by atoms with Crippen LogP contribution in [0.2, 0.25) is 0 Å². The average molecular weight is 256 g/mol. The third kappa shape index (κ3) is 2.54. The van der Waals surface area contributed by atoms with Gasteiger partial charge in [0.2, 0.25) is 0 Å². The van der Waals surface area contributed by atoms with Gasteiger partial charge in [0.1, 0.15) is 6.10 Å². The van der Waals surface area contributed by atoms with Gasteiger partial charge in [-0.05, 0) is 17.7 Å². The first-order valence-corrected chi connectivity index (χ1v) is 4.59. The van der Waals surface area contributed by atoms with Gasteiger partial charge in [-0.25, -0.2) is 0 Å². The zero-order chi connectivity index (χ0) is 12.8. The fourth-order valence-corrected chi connectivity index (χ4v) is 1.48. The summed E-state index contributed by atoms with van der Waals surface area (Å²) in [6.07, 6.45) is -10.6.